The van der Waals surface area contributed by atoms with Crippen LogP contribution in [0.1, 0.15) is 36.5 Å². The standard InChI is InChI=1S/C35H39N3O4S/c1-3-4-24-36-35(40)33(25-29-14-8-5-9-15-29)37(26-30-16-10-6-11-17-30)34(39)27-38(31-18-12-7-13-19-31)43(41,42)32-22-20-28(2)21-23-32/h5-23,33H,3-4,24-27H2,1-2H3,(H,36,40). The third kappa shape index (κ3) is 8.55. The molecule has 0 bridgehead atoms. The first-order chi connectivity index (χ1) is 20.8. The van der Waals surface area contributed by atoms with Crippen LogP contribution in [0.15, 0.2) is 120 Å². The molecule has 224 valence electrons. The van der Waals surface area contributed by atoms with Gasteiger partial charge in [0.2, 0.25) is 11.8 Å². The van der Waals surface area contributed by atoms with Gasteiger partial charge in [0.25, 0.3) is 10.0 Å². The van der Waals surface area contributed by atoms with Gasteiger partial charge in [0.05, 0.1) is 10.6 Å². The molecule has 43 heavy (non-hydrogen) atoms. The molecule has 8 heteroatoms. The van der Waals surface area contributed by atoms with Crippen LogP contribution in [0.3, 0.4) is 0 Å². The molecular weight excluding hydrogens is 558 g/mol. The Morgan fingerprint density at radius 1 is 0.767 bits per heavy atom. The first-order valence-corrected chi connectivity index (χ1v) is 16.0. The largest absolute Gasteiger partial charge is 0.354 e. The van der Waals surface area contributed by atoms with Gasteiger partial charge in [0, 0.05) is 19.5 Å². The van der Waals surface area contributed by atoms with Crippen LogP contribution < -0.4 is 9.62 Å². The number of hydrogen-bond acceptors (Lipinski definition) is 4. The van der Waals surface area contributed by atoms with E-state index in [1.54, 1.807) is 54.6 Å². The molecule has 0 saturated carbocycles. The third-order valence-corrected chi connectivity index (χ3v) is 9.02. The Kier molecular flexibility index (Phi) is 11.1. The zero-order valence-electron chi connectivity index (χ0n) is 24.7. The predicted molar refractivity (Wildman–Crippen MR) is 171 cm³/mol. The van der Waals surface area contributed by atoms with Crippen LogP contribution in [0.5, 0.6) is 0 Å². The Balaban J connectivity index is 1.75. The summed E-state index contributed by atoms with van der Waals surface area (Å²) in [6.45, 7) is 4.10. The molecule has 1 atom stereocenters. The highest BCUT2D eigenvalue weighted by molar-refractivity contribution is 7.92. The minimum atomic E-state index is -4.11. The molecule has 0 heterocycles. The zero-order chi connectivity index (χ0) is 30.7. The Bertz CT molecular complexity index is 1560. The van der Waals surface area contributed by atoms with E-state index in [-0.39, 0.29) is 23.8 Å². The van der Waals surface area contributed by atoms with Gasteiger partial charge in [-0.15, -0.1) is 0 Å². The molecule has 4 aromatic rings. The molecule has 0 saturated heterocycles. The number of carbonyl (C=O) groups excluding carboxylic acids is 2. The molecule has 0 radical (unpaired) electrons. The molecule has 2 amide bonds. The van der Waals surface area contributed by atoms with E-state index >= 15 is 0 Å². The Labute approximate surface area is 255 Å². The number of sulfonamides is 1. The lowest BCUT2D eigenvalue weighted by atomic mass is 10.0. The summed E-state index contributed by atoms with van der Waals surface area (Å²) in [6.07, 6.45) is 2.01. The number of amides is 2. The Hall–Kier alpha value is -4.43. The van der Waals surface area contributed by atoms with Crippen molar-refractivity contribution in [1.82, 2.24) is 10.2 Å². The predicted octanol–water partition coefficient (Wildman–Crippen LogP) is 5.75. The number of aryl methyl sites for hydroxylation is 1. The number of anilines is 1. The molecule has 0 fully saturated rings. The lowest BCUT2D eigenvalue weighted by molar-refractivity contribution is -0.140. The van der Waals surface area contributed by atoms with Crippen molar-refractivity contribution >= 4 is 27.5 Å². The number of rotatable bonds is 14. The number of benzene rings is 4. The summed E-state index contributed by atoms with van der Waals surface area (Å²) in [5, 5.41) is 3.01. The van der Waals surface area contributed by atoms with Crippen molar-refractivity contribution < 1.29 is 18.0 Å². The first kappa shape index (κ1) is 31.5. The molecule has 1 unspecified atom stereocenters. The number of para-hydroxylation sites is 1. The summed E-state index contributed by atoms with van der Waals surface area (Å²) >= 11 is 0. The normalized spacial score (nSPS) is 11.9. The maximum Gasteiger partial charge on any atom is 0.264 e. The highest BCUT2D eigenvalue weighted by Gasteiger charge is 2.34. The smallest absolute Gasteiger partial charge is 0.264 e. The maximum absolute atomic E-state index is 14.4. The number of nitrogens with one attached hydrogen (secondary N) is 1. The number of nitrogens with zero attached hydrogens (tertiary/aromatic N) is 2. The van der Waals surface area contributed by atoms with E-state index in [0.29, 0.717) is 12.2 Å². The molecule has 0 spiro atoms. The van der Waals surface area contributed by atoms with E-state index in [4.69, 9.17) is 0 Å². The number of unbranched alkanes of at least 4 members (excludes halogenated alkanes) is 1. The number of hydrogen-bond donors (Lipinski definition) is 1. The highest BCUT2D eigenvalue weighted by Crippen LogP contribution is 2.25. The van der Waals surface area contributed by atoms with Crippen LogP contribution in [0.2, 0.25) is 0 Å². The second-order valence-electron chi connectivity index (χ2n) is 10.5. The van der Waals surface area contributed by atoms with Crippen LogP contribution in [-0.2, 0) is 32.6 Å². The van der Waals surface area contributed by atoms with Crippen molar-refractivity contribution in [2.75, 3.05) is 17.4 Å². The van der Waals surface area contributed by atoms with E-state index in [2.05, 4.69) is 5.32 Å². The first-order valence-electron chi connectivity index (χ1n) is 14.6. The molecular formula is C35H39N3O4S. The van der Waals surface area contributed by atoms with E-state index < -0.39 is 28.5 Å². The van der Waals surface area contributed by atoms with Crippen molar-refractivity contribution in [3.8, 4) is 0 Å². The summed E-state index contributed by atoms with van der Waals surface area (Å²) in [5.41, 5.74) is 3.02. The van der Waals surface area contributed by atoms with Crippen LogP contribution in [0.4, 0.5) is 5.69 Å². The Morgan fingerprint density at radius 2 is 1.33 bits per heavy atom. The highest BCUT2D eigenvalue weighted by atomic mass is 32.2. The van der Waals surface area contributed by atoms with E-state index in [0.717, 1.165) is 33.8 Å². The van der Waals surface area contributed by atoms with Crippen LogP contribution in [0.25, 0.3) is 0 Å². The van der Waals surface area contributed by atoms with Crippen LogP contribution >= 0.6 is 0 Å². The fourth-order valence-electron chi connectivity index (χ4n) is 4.80. The van der Waals surface area contributed by atoms with Crippen molar-refractivity contribution in [3.63, 3.8) is 0 Å². The van der Waals surface area contributed by atoms with E-state index in [1.165, 1.54) is 4.90 Å². The van der Waals surface area contributed by atoms with Crippen molar-refractivity contribution in [2.45, 2.75) is 50.6 Å². The Morgan fingerprint density at radius 3 is 1.91 bits per heavy atom. The van der Waals surface area contributed by atoms with Gasteiger partial charge in [-0.2, -0.15) is 0 Å². The van der Waals surface area contributed by atoms with E-state index in [9.17, 15) is 18.0 Å². The molecule has 0 aliphatic heterocycles. The zero-order valence-corrected chi connectivity index (χ0v) is 25.5. The van der Waals surface area contributed by atoms with Gasteiger partial charge in [0.15, 0.2) is 0 Å². The molecule has 0 aromatic heterocycles. The summed E-state index contributed by atoms with van der Waals surface area (Å²) < 4.78 is 29.1. The van der Waals surface area contributed by atoms with Gasteiger partial charge in [-0.1, -0.05) is 110 Å². The fourth-order valence-corrected chi connectivity index (χ4v) is 6.21. The lowest BCUT2D eigenvalue weighted by Gasteiger charge is -2.34. The maximum atomic E-state index is 14.4. The minimum Gasteiger partial charge on any atom is -0.354 e. The summed E-state index contributed by atoms with van der Waals surface area (Å²) in [4.78, 5) is 29.7. The molecule has 0 aliphatic rings. The van der Waals surface area contributed by atoms with Gasteiger partial charge in [-0.3, -0.25) is 13.9 Å². The lowest BCUT2D eigenvalue weighted by Crippen LogP contribution is -2.53. The minimum absolute atomic E-state index is 0.0857. The van der Waals surface area contributed by atoms with Crippen molar-refractivity contribution in [3.05, 3.63) is 132 Å². The van der Waals surface area contributed by atoms with Crippen molar-refractivity contribution in [2.24, 2.45) is 0 Å². The van der Waals surface area contributed by atoms with Gasteiger partial charge in [-0.05, 0) is 48.7 Å². The molecule has 4 rings (SSSR count). The van der Waals surface area contributed by atoms with Crippen molar-refractivity contribution in [1.29, 1.82) is 0 Å². The monoisotopic (exact) mass is 597 g/mol. The van der Waals surface area contributed by atoms with Crippen LogP contribution in [-0.4, -0.2) is 44.3 Å². The average molecular weight is 598 g/mol. The topological polar surface area (TPSA) is 86.8 Å². The second-order valence-corrected chi connectivity index (χ2v) is 12.4. The summed E-state index contributed by atoms with van der Waals surface area (Å²) in [6, 6.07) is 33.3. The average Bonchev–Trinajstić information content (AvgIpc) is 3.03. The van der Waals surface area contributed by atoms with Gasteiger partial charge < -0.3 is 10.2 Å². The molecule has 0 aliphatic carbocycles. The van der Waals surface area contributed by atoms with Crippen LogP contribution in [0, 0.1) is 6.92 Å². The molecule has 1 N–H and O–H groups in total. The fraction of sp³-hybridized carbons (Fsp3) is 0.257. The molecule has 7 nitrogen and oxygen atoms in total. The van der Waals surface area contributed by atoms with Gasteiger partial charge >= 0.3 is 0 Å². The quantitative estimate of drug-likeness (QED) is 0.188. The van der Waals surface area contributed by atoms with E-state index in [1.807, 2.05) is 74.5 Å². The number of carbonyl (C=O) groups is 2. The third-order valence-electron chi connectivity index (χ3n) is 7.23. The molecule has 4 aromatic carbocycles. The summed E-state index contributed by atoms with van der Waals surface area (Å²) in [5.74, 6) is -0.746. The van der Waals surface area contributed by atoms with Gasteiger partial charge in [-0.25, -0.2) is 8.42 Å². The SMILES string of the molecule is CCCCNC(=O)C(Cc1ccccc1)N(Cc1ccccc1)C(=O)CN(c1ccccc1)S(=O)(=O)c1ccc(C)cc1. The second kappa shape index (κ2) is 15.2. The summed E-state index contributed by atoms with van der Waals surface area (Å²) in [7, 11) is -4.11. The van der Waals surface area contributed by atoms with Gasteiger partial charge in [0.1, 0.15) is 12.6 Å².